The summed E-state index contributed by atoms with van der Waals surface area (Å²) >= 11 is 0. The lowest BCUT2D eigenvalue weighted by Gasteiger charge is -2.29. The highest BCUT2D eigenvalue weighted by Gasteiger charge is 2.28. The van der Waals surface area contributed by atoms with Crippen molar-refractivity contribution < 1.29 is 13.2 Å². The third kappa shape index (κ3) is 3.98. The molecule has 0 N–H and O–H groups in total. The Kier molecular flexibility index (Phi) is 5.62. The lowest BCUT2D eigenvalue weighted by Crippen LogP contribution is -2.37. The Balaban J connectivity index is 1.53. The van der Waals surface area contributed by atoms with Crippen molar-refractivity contribution in [1.29, 1.82) is 0 Å². The summed E-state index contributed by atoms with van der Waals surface area (Å²) in [7, 11) is -1.79. The molecular weight excluding hydrogens is 396 g/mol. The highest BCUT2D eigenvalue weighted by atomic mass is 32.2. The maximum absolute atomic E-state index is 12.9. The first-order valence-corrected chi connectivity index (χ1v) is 11.7. The van der Waals surface area contributed by atoms with E-state index in [0.29, 0.717) is 24.6 Å². The number of hydrogen-bond acceptors (Lipinski definition) is 3. The molecule has 0 atom stereocenters. The Morgan fingerprint density at radius 1 is 0.933 bits per heavy atom. The molecule has 0 saturated carbocycles. The van der Waals surface area contributed by atoms with Gasteiger partial charge >= 0.3 is 0 Å². The van der Waals surface area contributed by atoms with Gasteiger partial charge in [0.25, 0.3) is 5.91 Å². The fourth-order valence-electron chi connectivity index (χ4n) is 3.84. The number of amides is 1. The number of carbonyl (C=O) groups excluding carboxylic acids is 1. The molecule has 3 aromatic carbocycles. The monoisotopic (exact) mass is 422 g/mol. The molecule has 0 aromatic heterocycles. The second-order valence-corrected chi connectivity index (χ2v) is 9.94. The Morgan fingerprint density at radius 2 is 1.57 bits per heavy atom. The zero-order chi connectivity index (χ0) is 21.3. The number of hydrogen-bond donors (Lipinski definition) is 0. The van der Waals surface area contributed by atoms with Crippen LogP contribution in [0.15, 0.2) is 71.6 Å². The molecule has 0 unspecified atom stereocenters. The van der Waals surface area contributed by atoms with Crippen molar-refractivity contribution in [2.45, 2.75) is 24.7 Å². The van der Waals surface area contributed by atoms with Crippen LogP contribution in [0, 0.1) is 5.92 Å². The molecule has 3 aromatic rings. The zero-order valence-corrected chi connectivity index (χ0v) is 18.1. The first-order valence-electron chi connectivity index (χ1n) is 10.2. The van der Waals surface area contributed by atoms with E-state index in [9.17, 15) is 13.2 Å². The highest BCUT2D eigenvalue weighted by molar-refractivity contribution is 7.89. The predicted molar refractivity (Wildman–Crippen MR) is 120 cm³/mol. The molecule has 5 nitrogen and oxygen atoms in total. The molecule has 4 rings (SSSR count). The van der Waals surface area contributed by atoms with Gasteiger partial charge < -0.3 is 4.90 Å². The van der Waals surface area contributed by atoms with E-state index in [4.69, 9.17) is 0 Å². The first kappa shape index (κ1) is 20.6. The summed E-state index contributed by atoms with van der Waals surface area (Å²) in [5.74, 6) is 0.378. The zero-order valence-electron chi connectivity index (χ0n) is 17.3. The fourth-order valence-corrected chi connectivity index (χ4v) is 5.31. The maximum Gasteiger partial charge on any atom is 0.258 e. The minimum absolute atomic E-state index is 0.180. The smallest absolute Gasteiger partial charge is 0.258 e. The van der Waals surface area contributed by atoms with Gasteiger partial charge in [-0.15, -0.1) is 0 Å². The van der Waals surface area contributed by atoms with Crippen LogP contribution in [0.1, 0.15) is 30.1 Å². The average Bonchev–Trinajstić information content (AvgIpc) is 2.78. The van der Waals surface area contributed by atoms with Crippen LogP contribution >= 0.6 is 0 Å². The van der Waals surface area contributed by atoms with Crippen molar-refractivity contribution >= 4 is 32.4 Å². The van der Waals surface area contributed by atoms with Crippen LogP contribution < -0.4 is 4.90 Å². The molecule has 1 heterocycles. The topological polar surface area (TPSA) is 57.7 Å². The molecule has 1 saturated heterocycles. The molecule has 1 aliphatic rings. The molecule has 6 heteroatoms. The Bertz CT molecular complexity index is 1160. The van der Waals surface area contributed by atoms with Crippen LogP contribution in [0.25, 0.3) is 10.8 Å². The van der Waals surface area contributed by atoms with E-state index in [2.05, 4.69) is 6.92 Å². The number of benzene rings is 3. The van der Waals surface area contributed by atoms with Gasteiger partial charge in [-0.3, -0.25) is 4.79 Å². The van der Waals surface area contributed by atoms with E-state index in [0.717, 1.165) is 29.3 Å². The second-order valence-electron chi connectivity index (χ2n) is 8.01. The number of piperidine rings is 1. The van der Waals surface area contributed by atoms with Crippen molar-refractivity contribution in [3.8, 4) is 0 Å². The maximum atomic E-state index is 12.9. The Labute approximate surface area is 178 Å². The molecular formula is C24H26N2O3S. The summed E-state index contributed by atoms with van der Waals surface area (Å²) in [6.45, 7) is 3.25. The van der Waals surface area contributed by atoms with E-state index < -0.39 is 10.0 Å². The molecule has 0 spiro atoms. The van der Waals surface area contributed by atoms with E-state index in [-0.39, 0.29) is 10.8 Å². The van der Waals surface area contributed by atoms with Crippen molar-refractivity contribution in [2.75, 3.05) is 25.0 Å². The third-order valence-electron chi connectivity index (χ3n) is 5.91. The van der Waals surface area contributed by atoms with E-state index in [1.54, 1.807) is 28.4 Å². The molecule has 0 radical (unpaired) electrons. The summed E-state index contributed by atoms with van der Waals surface area (Å²) in [5, 5.41) is 2.18. The van der Waals surface area contributed by atoms with E-state index >= 15 is 0 Å². The van der Waals surface area contributed by atoms with Crippen LogP contribution in [-0.2, 0) is 10.0 Å². The number of fused-ring (bicyclic) bond motifs is 1. The van der Waals surface area contributed by atoms with Crippen molar-refractivity contribution in [3.63, 3.8) is 0 Å². The molecule has 0 bridgehead atoms. The van der Waals surface area contributed by atoms with Crippen LogP contribution in [0.5, 0.6) is 0 Å². The minimum atomic E-state index is -3.52. The van der Waals surface area contributed by atoms with Crippen molar-refractivity contribution in [3.05, 3.63) is 72.3 Å². The van der Waals surface area contributed by atoms with Gasteiger partial charge in [0.2, 0.25) is 10.0 Å². The van der Waals surface area contributed by atoms with Gasteiger partial charge in [-0.2, -0.15) is 4.31 Å². The predicted octanol–water partition coefficient (Wildman–Crippen LogP) is 4.54. The molecule has 1 aliphatic heterocycles. The Hall–Kier alpha value is -2.70. The standard InChI is InChI=1S/C24H26N2O3S/c1-18-13-15-26(16-14-18)30(28,29)23-11-8-20(9-12-23)24(27)25(2)22-10-7-19-5-3-4-6-21(19)17-22/h3-12,17-18H,13-16H2,1-2H3. The summed E-state index contributed by atoms with van der Waals surface area (Å²) < 4.78 is 27.3. The average molecular weight is 423 g/mol. The van der Waals surface area contributed by atoms with Crippen molar-refractivity contribution in [1.82, 2.24) is 4.31 Å². The Morgan fingerprint density at radius 3 is 2.23 bits per heavy atom. The highest BCUT2D eigenvalue weighted by Crippen LogP contribution is 2.25. The normalized spacial score (nSPS) is 15.9. The number of anilines is 1. The fraction of sp³-hybridized carbons (Fsp3) is 0.292. The summed E-state index contributed by atoms with van der Waals surface area (Å²) in [6, 6.07) is 20.1. The third-order valence-corrected chi connectivity index (χ3v) is 7.82. The number of nitrogens with zero attached hydrogens (tertiary/aromatic N) is 2. The molecule has 0 aliphatic carbocycles. The van der Waals surface area contributed by atoms with Gasteiger partial charge in [0.1, 0.15) is 0 Å². The van der Waals surface area contributed by atoms with Gasteiger partial charge in [0.15, 0.2) is 0 Å². The van der Waals surface area contributed by atoms with Gasteiger partial charge in [-0.1, -0.05) is 37.3 Å². The quantitative estimate of drug-likeness (QED) is 0.620. The molecule has 30 heavy (non-hydrogen) atoms. The SMILES string of the molecule is CC1CCN(S(=O)(=O)c2ccc(C(=O)N(C)c3ccc4ccccc4c3)cc2)CC1. The van der Waals surface area contributed by atoms with Gasteiger partial charge in [0.05, 0.1) is 4.90 Å². The lowest BCUT2D eigenvalue weighted by atomic mass is 10.0. The van der Waals surface area contributed by atoms with Crippen LogP contribution in [0.3, 0.4) is 0 Å². The number of carbonyl (C=O) groups is 1. The van der Waals surface area contributed by atoms with Gasteiger partial charge in [-0.25, -0.2) is 8.42 Å². The molecule has 156 valence electrons. The van der Waals surface area contributed by atoms with Gasteiger partial charge in [-0.05, 0) is 65.9 Å². The second kappa shape index (κ2) is 8.20. The summed E-state index contributed by atoms with van der Waals surface area (Å²) in [4.78, 5) is 14.8. The molecule has 1 amide bonds. The summed E-state index contributed by atoms with van der Waals surface area (Å²) in [5.41, 5.74) is 1.25. The van der Waals surface area contributed by atoms with Crippen molar-refractivity contribution in [2.24, 2.45) is 5.92 Å². The van der Waals surface area contributed by atoms with Crippen LogP contribution in [0.4, 0.5) is 5.69 Å². The lowest BCUT2D eigenvalue weighted by molar-refractivity contribution is 0.0993. The largest absolute Gasteiger partial charge is 0.311 e. The number of sulfonamides is 1. The van der Waals surface area contributed by atoms with E-state index in [1.807, 2.05) is 42.5 Å². The number of rotatable bonds is 4. The van der Waals surface area contributed by atoms with E-state index in [1.165, 1.54) is 12.1 Å². The van der Waals surface area contributed by atoms with Crippen LogP contribution in [0.2, 0.25) is 0 Å². The van der Waals surface area contributed by atoms with Gasteiger partial charge in [0, 0.05) is 31.4 Å². The minimum Gasteiger partial charge on any atom is -0.311 e. The first-order chi connectivity index (χ1) is 14.4. The summed E-state index contributed by atoms with van der Waals surface area (Å²) in [6.07, 6.45) is 1.76. The molecule has 1 fully saturated rings. The van der Waals surface area contributed by atoms with Crippen LogP contribution in [-0.4, -0.2) is 38.8 Å².